The normalized spacial score (nSPS) is 25.6. The average Bonchev–Trinajstić information content (AvgIpc) is 2.30. The summed E-state index contributed by atoms with van der Waals surface area (Å²) in [6, 6.07) is 0.597. The largest absolute Gasteiger partial charge is 0.380 e. The van der Waals surface area contributed by atoms with Crippen LogP contribution in [0.25, 0.3) is 0 Å². The van der Waals surface area contributed by atoms with Crippen LogP contribution in [0.3, 0.4) is 0 Å². The lowest BCUT2D eigenvalue weighted by molar-refractivity contribution is 0.173. The molecule has 1 fully saturated rings. The zero-order valence-electron chi connectivity index (χ0n) is 11.1. The molecule has 0 aliphatic heterocycles. The molecule has 1 saturated carbocycles. The van der Waals surface area contributed by atoms with Crippen molar-refractivity contribution in [1.82, 2.24) is 9.97 Å². The first kappa shape index (κ1) is 12.3. The Balaban J connectivity index is 1.84. The van der Waals surface area contributed by atoms with Crippen molar-refractivity contribution < 1.29 is 0 Å². The minimum Gasteiger partial charge on any atom is -0.380 e. The lowest BCUT2D eigenvalue weighted by atomic mass is 9.71. The molecule has 1 aliphatic carbocycles. The smallest absolute Gasteiger partial charge is 0.115 e. The average molecular weight is 233 g/mol. The van der Waals surface area contributed by atoms with Gasteiger partial charge in [-0.3, -0.25) is 0 Å². The number of hydrogen-bond donors (Lipinski definition) is 1. The van der Waals surface area contributed by atoms with Gasteiger partial charge < -0.3 is 5.32 Å². The summed E-state index contributed by atoms with van der Waals surface area (Å²) in [5.74, 6) is 0.868. The number of nitrogens with one attached hydrogen (secondary N) is 1. The van der Waals surface area contributed by atoms with Crippen molar-refractivity contribution in [2.75, 3.05) is 5.32 Å². The highest BCUT2D eigenvalue weighted by molar-refractivity contribution is 5.38. The lowest BCUT2D eigenvalue weighted by Gasteiger charge is -2.37. The van der Waals surface area contributed by atoms with Gasteiger partial charge >= 0.3 is 0 Å². The second kappa shape index (κ2) is 5.03. The lowest BCUT2D eigenvalue weighted by Crippen LogP contribution is -2.31. The third-order valence-electron chi connectivity index (χ3n) is 3.88. The van der Waals surface area contributed by atoms with Gasteiger partial charge in [-0.1, -0.05) is 20.8 Å². The summed E-state index contributed by atoms with van der Waals surface area (Å²) < 4.78 is 0. The predicted molar refractivity (Wildman–Crippen MR) is 70.9 cm³/mol. The molecule has 0 amide bonds. The van der Waals surface area contributed by atoms with Crippen LogP contribution in [0.15, 0.2) is 18.7 Å². The van der Waals surface area contributed by atoms with E-state index in [9.17, 15) is 0 Å². The molecule has 1 N–H and O–H groups in total. The summed E-state index contributed by atoms with van der Waals surface area (Å²) in [7, 11) is 0. The third kappa shape index (κ3) is 3.42. The number of nitrogens with zero attached hydrogens (tertiary/aromatic N) is 2. The first-order valence-corrected chi connectivity index (χ1v) is 6.57. The molecule has 0 saturated heterocycles. The molecule has 3 heteroatoms. The highest BCUT2D eigenvalue weighted by atomic mass is 15.0. The number of rotatable bonds is 2. The number of anilines is 1. The van der Waals surface area contributed by atoms with E-state index in [4.69, 9.17) is 0 Å². The van der Waals surface area contributed by atoms with Crippen molar-refractivity contribution in [3.05, 3.63) is 18.7 Å². The van der Waals surface area contributed by atoms with Crippen molar-refractivity contribution in [1.29, 1.82) is 0 Å². The van der Waals surface area contributed by atoms with Crippen molar-refractivity contribution in [2.45, 2.75) is 52.5 Å². The summed E-state index contributed by atoms with van der Waals surface area (Å²) in [5, 5.41) is 3.53. The van der Waals surface area contributed by atoms with Crippen LogP contribution in [0.5, 0.6) is 0 Å². The number of hydrogen-bond acceptors (Lipinski definition) is 3. The van der Waals surface area contributed by atoms with E-state index in [0.29, 0.717) is 11.5 Å². The second-order valence-electron chi connectivity index (χ2n) is 6.19. The Morgan fingerprint density at radius 1 is 1.06 bits per heavy atom. The molecule has 0 radical (unpaired) electrons. The van der Waals surface area contributed by atoms with Crippen molar-refractivity contribution in [3.8, 4) is 0 Å². The SMILES string of the molecule is CC(C)(C)C1CCC(Nc2cncnc2)CC1. The van der Waals surface area contributed by atoms with E-state index in [1.807, 2.05) is 12.4 Å². The molecule has 0 atom stereocenters. The highest BCUT2D eigenvalue weighted by Gasteiger charge is 2.29. The Kier molecular flexibility index (Phi) is 3.65. The van der Waals surface area contributed by atoms with Crippen LogP contribution in [0, 0.1) is 11.3 Å². The fraction of sp³-hybridized carbons (Fsp3) is 0.714. The minimum atomic E-state index is 0.459. The van der Waals surface area contributed by atoms with E-state index in [1.54, 1.807) is 6.33 Å². The predicted octanol–water partition coefficient (Wildman–Crippen LogP) is 3.49. The van der Waals surface area contributed by atoms with Crippen molar-refractivity contribution in [3.63, 3.8) is 0 Å². The maximum Gasteiger partial charge on any atom is 0.115 e. The Bertz CT molecular complexity index is 334. The zero-order chi connectivity index (χ0) is 12.3. The minimum absolute atomic E-state index is 0.459. The van der Waals surface area contributed by atoms with Crippen molar-refractivity contribution in [2.24, 2.45) is 11.3 Å². The van der Waals surface area contributed by atoms with Crippen LogP contribution < -0.4 is 5.32 Å². The standard InChI is InChI=1S/C14H23N3/c1-14(2,3)11-4-6-12(7-5-11)17-13-8-15-10-16-9-13/h8-12,17H,4-7H2,1-3H3. The molecule has 1 aliphatic rings. The van der Waals surface area contributed by atoms with E-state index in [0.717, 1.165) is 11.6 Å². The van der Waals surface area contributed by atoms with Gasteiger partial charge in [-0.05, 0) is 37.0 Å². The van der Waals surface area contributed by atoms with Crippen LogP contribution in [0.1, 0.15) is 46.5 Å². The molecule has 17 heavy (non-hydrogen) atoms. The maximum atomic E-state index is 4.03. The van der Waals surface area contributed by atoms with Gasteiger partial charge in [0.15, 0.2) is 0 Å². The van der Waals surface area contributed by atoms with Crippen LogP contribution >= 0.6 is 0 Å². The van der Waals surface area contributed by atoms with Gasteiger partial charge in [0.25, 0.3) is 0 Å². The molecule has 1 aromatic heterocycles. The van der Waals surface area contributed by atoms with Crippen LogP contribution in [0.2, 0.25) is 0 Å². The fourth-order valence-corrected chi connectivity index (χ4v) is 2.71. The molecule has 2 rings (SSSR count). The summed E-state index contributed by atoms with van der Waals surface area (Å²) in [6.45, 7) is 7.07. The van der Waals surface area contributed by atoms with Gasteiger partial charge in [-0.15, -0.1) is 0 Å². The molecule has 94 valence electrons. The summed E-state index contributed by atoms with van der Waals surface area (Å²) in [5.41, 5.74) is 1.51. The molecular formula is C14H23N3. The molecule has 3 nitrogen and oxygen atoms in total. The van der Waals surface area contributed by atoms with Crippen LogP contribution in [-0.2, 0) is 0 Å². The monoisotopic (exact) mass is 233 g/mol. The van der Waals surface area contributed by atoms with Gasteiger partial charge in [-0.25, -0.2) is 9.97 Å². The Morgan fingerprint density at radius 3 is 2.18 bits per heavy atom. The Labute approximate surface area is 104 Å². The van der Waals surface area contributed by atoms with Crippen molar-refractivity contribution >= 4 is 5.69 Å². The van der Waals surface area contributed by atoms with E-state index < -0.39 is 0 Å². The molecule has 1 aromatic rings. The zero-order valence-corrected chi connectivity index (χ0v) is 11.1. The molecule has 0 bridgehead atoms. The topological polar surface area (TPSA) is 37.8 Å². The second-order valence-corrected chi connectivity index (χ2v) is 6.19. The number of aromatic nitrogens is 2. The van der Waals surface area contributed by atoms with E-state index >= 15 is 0 Å². The summed E-state index contributed by atoms with van der Waals surface area (Å²) >= 11 is 0. The maximum absolute atomic E-state index is 4.03. The summed E-state index contributed by atoms with van der Waals surface area (Å²) in [6.07, 6.45) is 10.4. The van der Waals surface area contributed by atoms with Gasteiger partial charge in [0.05, 0.1) is 18.1 Å². The van der Waals surface area contributed by atoms with Gasteiger partial charge in [0, 0.05) is 6.04 Å². The molecule has 0 aromatic carbocycles. The van der Waals surface area contributed by atoms with E-state index in [1.165, 1.54) is 25.7 Å². The Morgan fingerprint density at radius 2 is 1.65 bits per heavy atom. The summed E-state index contributed by atoms with van der Waals surface area (Å²) in [4.78, 5) is 8.06. The quantitative estimate of drug-likeness (QED) is 0.849. The third-order valence-corrected chi connectivity index (χ3v) is 3.88. The van der Waals surface area contributed by atoms with Gasteiger partial charge in [-0.2, -0.15) is 0 Å². The van der Waals surface area contributed by atoms with Crippen LogP contribution in [-0.4, -0.2) is 16.0 Å². The first-order chi connectivity index (χ1) is 8.05. The molecule has 0 spiro atoms. The van der Waals surface area contributed by atoms with E-state index in [2.05, 4.69) is 36.1 Å². The van der Waals surface area contributed by atoms with Gasteiger partial charge in [0.2, 0.25) is 0 Å². The highest BCUT2D eigenvalue weighted by Crippen LogP contribution is 2.38. The fourth-order valence-electron chi connectivity index (χ4n) is 2.71. The van der Waals surface area contributed by atoms with Crippen LogP contribution in [0.4, 0.5) is 5.69 Å². The first-order valence-electron chi connectivity index (χ1n) is 6.57. The van der Waals surface area contributed by atoms with Gasteiger partial charge in [0.1, 0.15) is 6.33 Å². The Hall–Kier alpha value is -1.12. The van der Waals surface area contributed by atoms with E-state index in [-0.39, 0.29) is 0 Å². The molecule has 0 unspecified atom stereocenters. The molecule has 1 heterocycles. The molecular weight excluding hydrogens is 210 g/mol.